The summed E-state index contributed by atoms with van der Waals surface area (Å²) in [6.45, 7) is 0. The van der Waals surface area contributed by atoms with Crippen molar-refractivity contribution in [3.63, 3.8) is 0 Å². The van der Waals surface area contributed by atoms with Crippen LogP contribution in [0.1, 0.15) is 11.1 Å². The number of carboxylic acids is 1. The molecule has 0 aliphatic carbocycles. The number of benzene rings is 2. The van der Waals surface area contributed by atoms with Crippen LogP contribution in [0, 0.1) is 0 Å². The van der Waals surface area contributed by atoms with Crippen molar-refractivity contribution in [1.82, 2.24) is 5.32 Å². The molecule has 0 aliphatic rings. The summed E-state index contributed by atoms with van der Waals surface area (Å²) in [5, 5.41) is 11.2. The average molecular weight is 335 g/mol. The van der Waals surface area contributed by atoms with Gasteiger partial charge < -0.3 is 10.4 Å². The minimum Gasteiger partial charge on any atom is -0.478 e. The fourth-order valence-electron chi connectivity index (χ4n) is 2.05. The van der Waals surface area contributed by atoms with E-state index in [0.717, 1.165) is 0 Å². The first kappa shape index (κ1) is 17.3. The summed E-state index contributed by atoms with van der Waals surface area (Å²) < 4.78 is 37.8. The Kier molecular flexibility index (Phi) is 5.03. The molecule has 0 aromatic heterocycles. The molecule has 2 aromatic carbocycles. The predicted molar refractivity (Wildman–Crippen MR) is 81.5 cm³/mol. The number of carbonyl (C=O) groups is 2. The maximum absolute atomic E-state index is 12.6. The summed E-state index contributed by atoms with van der Waals surface area (Å²) >= 11 is 0. The Morgan fingerprint density at radius 2 is 1.29 bits per heavy atom. The molecule has 0 saturated carbocycles. The van der Waals surface area contributed by atoms with Crippen LogP contribution < -0.4 is 5.32 Å². The van der Waals surface area contributed by atoms with Crippen LogP contribution in [0.15, 0.2) is 60.7 Å². The zero-order valence-corrected chi connectivity index (χ0v) is 12.2. The maximum Gasteiger partial charge on any atom is 0.471 e. The van der Waals surface area contributed by atoms with Gasteiger partial charge in [0, 0.05) is 0 Å². The van der Waals surface area contributed by atoms with Crippen molar-refractivity contribution in [1.29, 1.82) is 0 Å². The molecule has 0 fully saturated rings. The van der Waals surface area contributed by atoms with Crippen molar-refractivity contribution in [2.45, 2.75) is 6.18 Å². The van der Waals surface area contributed by atoms with Crippen molar-refractivity contribution in [2.24, 2.45) is 0 Å². The van der Waals surface area contributed by atoms with Gasteiger partial charge in [-0.25, -0.2) is 4.79 Å². The zero-order valence-electron chi connectivity index (χ0n) is 12.2. The minimum absolute atomic E-state index is 0.149. The molecule has 0 spiro atoms. The monoisotopic (exact) mass is 335 g/mol. The molecule has 4 nitrogen and oxygen atoms in total. The number of carboxylic acid groups (broad SMARTS) is 1. The molecule has 0 saturated heterocycles. The lowest BCUT2D eigenvalue weighted by molar-refractivity contribution is -0.172. The highest BCUT2D eigenvalue weighted by Crippen LogP contribution is 2.26. The third-order valence-electron chi connectivity index (χ3n) is 3.08. The van der Waals surface area contributed by atoms with Gasteiger partial charge >= 0.3 is 18.1 Å². The lowest BCUT2D eigenvalue weighted by atomic mass is 9.99. The van der Waals surface area contributed by atoms with E-state index in [4.69, 9.17) is 0 Å². The van der Waals surface area contributed by atoms with Crippen LogP contribution in [0.5, 0.6) is 0 Å². The smallest absolute Gasteiger partial charge is 0.471 e. The van der Waals surface area contributed by atoms with Gasteiger partial charge in [0.15, 0.2) is 0 Å². The highest BCUT2D eigenvalue weighted by atomic mass is 19.4. The SMILES string of the molecule is O=C(O)/C(=C(/NC(=O)C(F)(F)F)c1ccccc1)c1ccccc1. The lowest BCUT2D eigenvalue weighted by Crippen LogP contribution is -2.36. The van der Waals surface area contributed by atoms with E-state index in [1.54, 1.807) is 29.6 Å². The summed E-state index contributed by atoms with van der Waals surface area (Å²) in [7, 11) is 0. The first-order valence-corrected chi connectivity index (χ1v) is 6.77. The summed E-state index contributed by atoms with van der Waals surface area (Å²) in [6, 6.07) is 15.1. The van der Waals surface area contributed by atoms with Crippen LogP contribution >= 0.6 is 0 Å². The topological polar surface area (TPSA) is 66.4 Å². The van der Waals surface area contributed by atoms with Crippen molar-refractivity contribution >= 4 is 23.1 Å². The second-order valence-corrected chi connectivity index (χ2v) is 4.74. The number of alkyl halides is 3. The van der Waals surface area contributed by atoms with Crippen LogP contribution in [-0.2, 0) is 9.59 Å². The van der Waals surface area contributed by atoms with E-state index in [0.29, 0.717) is 0 Å². The Morgan fingerprint density at radius 3 is 1.71 bits per heavy atom. The number of amides is 1. The molecule has 2 N–H and O–H groups in total. The van der Waals surface area contributed by atoms with Crippen molar-refractivity contribution in [2.75, 3.05) is 0 Å². The van der Waals surface area contributed by atoms with Crippen LogP contribution in [-0.4, -0.2) is 23.2 Å². The number of nitrogens with one attached hydrogen (secondary N) is 1. The van der Waals surface area contributed by atoms with Gasteiger partial charge in [-0.3, -0.25) is 4.79 Å². The number of carbonyl (C=O) groups excluding carboxylic acids is 1. The molecule has 0 radical (unpaired) electrons. The molecule has 0 bridgehead atoms. The Bertz CT molecular complexity index is 769. The van der Waals surface area contributed by atoms with Gasteiger partial charge in [0.2, 0.25) is 0 Å². The Labute approximate surface area is 135 Å². The van der Waals surface area contributed by atoms with Crippen molar-refractivity contribution < 1.29 is 27.9 Å². The first-order chi connectivity index (χ1) is 11.3. The van der Waals surface area contributed by atoms with Gasteiger partial charge in [-0.1, -0.05) is 60.7 Å². The largest absolute Gasteiger partial charge is 0.478 e. The zero-order chi connectivity index (χ0) is 17.7. The second-order valence-electron chi connectivity index (χ2n) is 4.74. The van der Waals surface area contributed by atoms with Gasteiger partial charge in [0.1, 0.15) is 0 Å². The predicted octanol–water partition coefficient (Wildman–Crippen LogP) is 3.32. The van der Waals surface area contributed by atoms with Crippen LogP contribution in [0.4, 0.5) is 13.2 Å². The molecule has 24 heavy (non-hydrogen) atoms. The molecule has 2 rings (SSSR count). The number of rotatable bonds is 4. The van der Waals surface area contributed by atoms with E-state index < -0.39 is 29.3 Å². The molecule has 0 heterocycles. The molecule has 0 unspecified atom stereocenters. The van der Waals surface area contributed by atoms with E-state index in [1.807, 2.05) is 0 Å². The van der Waals surface area contributed by atoms with Gasteiger partial charge in [0.05, 0.1) is 11.3 Å². The third-order valence-corrected chi connectivity index (χ3v) is 3.08. The quantitative estimate of drug-likeness (QED) is 0.665. The van der Waals surface area contributed by atoms with Crippen LogP contribution in [0.2, 0.25) is 0 Å². The van der Waals surface area contributed by atoms with Crippen LogP contribution in [0.25, 0.3) is 11.3 Å². The highest BCUT2D eigenvalue weighted by Gasteiger charge is 2.39. The van der Waals surface area contributed by atoms with Gasteiger partial charge in [-0.05, 0) is 11.1 Å². The molecule has 0 atom stereocenters. The summed E-state index contributed by atoms with van der Waals surface area (Å²) in [5.41, 5.74) is -0.529. The molecule has 1 amide bonds. The fraction of sp³-hybridized carbons (Fsp3) is 0.0588. The van der Waals surface area contributed by atoms with Crippen molar-refractivity contribution in [3.05, 3.63) is 71.8 Å². The molecular weight excluding hydrogens is 323 g/mol. The van der Waals surface area contributed by atoms with Crippen molar-refractivity contribution in [3.8, 4) is 0 Å². The molecular formula is C17H12F3NO3. The number of aliphatic carboxylic acids is 1. The minimum atomic E-state index is -5.14. The van der Waals surface area contributed by atoms with Gasteiger partial charge in [0.25, 0.3) is 0 Å². The molecule has 0 aliphatic heterocycles. The normalized spacial score (nSPS) is 12.3. The first-order valence-electron chi connectivity index (χ1n) is 6.77. The standard InChI is InChI=1S/C17H12F3NO3/c18-17(19,20)16(24)21-14(12-9-5-2-6-10-12)13(15(22)23)11-7-3-1-4-8-11/h1-10H,(H,21,24)(H,22,23)/b14-13+. The number of hydrogen-bond donors (Lipinski definition) is 2. The Morgan fingerprint density at radius 1 is 0.833 bits per heavy atom. The van der Waals surface area contributed by atoms with E-state index in [2.05, 4.69) is 0 Å². The second kappa shape index (κ2) is 6.99. The van der Waals surface area contributed by atoms with Gasteiger partial charge in [-0.2, -0.15) is 13.2 Å². The summed E-state index contributed by atoms with van der Waals surface area (Å²) in [5.74, 6) is -3.70. The van der Waals surface area contributed by atoms with E-state index in [-0.39, 0.29) is 11.1 Å². The number of hydrogen-bond acceptors (Lipinski definition) is 2. The molecule has 124 valence electrons. The molecule has 2 aromatic rings. The Balaban J connectivity index is 2.66. The van der Waals surface area contributed by atoms with E-state index in [1.165, 1.54) is 36.4 Å². The highest BCUT2D eigenvalue weighted by molar-refractivity contribution is 6.24. The third kappa shape index (κ3) is 4.01. The van der Waals surface area contributed by atoms with Crippen LogP contribution in [0.3, 0.4) is 0 Å². The number of halogens is 3. The van der Waals surface area contributed by atoms with Gasteiger partial charge in [-0.15, -0.1) is 0 Å². The maximum atomic E-state index is 12.6. The lowest BCUT2D eigenvalue weighted by Gasteiger charge is -2.16. The van der Waals surface area contributed by atoms with E-state index in [9.17, 15) is 27.9 Å². The summed E-state index contributed by atoms with van der Waals surface area (Å²) in [4.78, 5) is 23.0. The molecule has 7 heteroatoms. The average Bonchev–Trinajstić information content (AvgIpc) is 2.54. The Hall–Kier alpha value is -3.09. The fourth-order valence-corrected chi connectivity index (χ4v) is 2.05. The summed E-state index contributed by atoms with van der Waals surface area (Å²) in [6.07, 6.45) is -5.14. The van der Waals surface area contributed by atoms with E-state index >= 15 is 0 Å².